The average Bonchev–Trinajstić information content (AvgIpc) is 3.30. The van der Waals surface area contributed by atoms with Crippen LogP contribution in [-0.2, 0) is 17.8 Å². The van der Waals surface area contributed by atoms with E-state index in [-0.39, 0.29) is 24.1 Å². The Morgan fingerprint density at radius 2 is 1.90 bits per heavy atom. The molecule has 31 heavy (non-hydrogen) atoms. The van der Waals surface area contributed by atoms with Gasteiger partial charge in [-0.1, -0.05) is 24.3 Å². The van der Waals surface area contributed by atoms with Crippen LogP contribution in [0, 0.1) is 0 Å². The number of nitrogens with zero attached hydrogens (tertiary/aromatic N) is 4. The lowest BCUT2D eigenvalue weighted by Crippen LogP contribution is -2.43. The Morgan fingerprint density at radius 1 is 1.10 bits per heavy atom. The van der Waals surface area contributed by atoms with Crippen LogP contribution < -0.4 is 20.4 Å². The zero-order valence-corrected chi connectivity index (χ0v) is 16.9. The number of pyridine rings is 1. The maximum absolute atomic E-state index is 12.8. The molecule has 3 aromatic rings. The summed E-state index contributed by atoms with van der Waals surface area (Å²) in [5, 5.41) is 6.18. The van der Waals surface area contributed by atoms with Gasteiger partial charge in [0.25, 0.3) is 5.91 Å². The van der Waals surface area contributed by atoms with Crippen molar-refractivity contribution in [3.63, 3.8) is 0 Å². The highest BCUT2D eigenvalue weighted by Crippen LogP contribution is 2.27. The Bertz CT molecular complexity index is 1120. The number of rotatable bonds is 4. The molecule has 2 aliphatic heterocycles. The van der Waals surface area contributed by atoms with Gasteiger partial charge in [-0.3, -0.25) is 19.5 Å². The van der Waals surface area contributed by atoms with Crippen molar-refractivity contribution in [1.82, 2.24) is 15.3 Å². The first kappa shape index (κ1) is 19.3. The summed E-state index contributed by atoms with van der Waals surface area (Å²) in [6, 6.07) is 9.79. The van der Waals surface area contributed by atoms with Crippen molar-refractivity contribution >= 4 is 29.2 Å². The highest BCUT2D eigenvalue weighted by molar-refractivity contribution is 6.04. The number of oxazole rings is 1. The lowest BCUT2D eigenvalue weighted by molar-refractivity contribution is -0.118. The van der Waals surface area contributed by atoms with Gasteiger partial charge < -0.3 is 20.0 Å². The molecule has 5 rings (SSSR count). The average molecular weight is 418 g/mol. The van der Waals surface area contributed by atoms with Crippen LogP contribution in [0.4, 0.5) is 17.4 Å². The first-order chi connectivity index (χ1) is 15.2. The lowest BCUT2D eigenvalue weighted by atomic mass is 10.00. The Kier molecular flexibility index (Phi) is 5.09. The summed E-state index contributed by atoms with van der Waals surface area (Å²) in [4.78, 5) is 37.4. The van der Waals surface area contributed by atoms with Crippen molar-refractivity contribution < 1.29 is 14.0 Å². The van der Waals surface area contributed by atoms with E-state index in [2.05, 4.69) is 25.5 Å². The van der Waals surface area contributed by atoms with Crippen molar-refractivity contribution in [2.24, 2.45) is 0 Å². The third kappa shape index (κ3) is 3.87. The summed E-state index contributed by atoms with van der Waals surface area (Å²) >= 11 is 0. The van der Waals surface area contributed by atoms with Gasteiger partial charge in [-0.25, -0.2) is 4.98 Å². The predicted octanol–water partition coefficient (Wildman–Crippen LogP) is 1.82. The molecular formula is C22H22N6O3. The number of hydrogen-bond donors (Lipinski definition) is 2. The smallest absolute Gasteiger partial charge is 0.305 e. The molecule has 0 radical (unpaired) electrons. The summed E-state index contributed by atoms with van der Waals surface area (Å²) in [7, 11) is 0. The topological polar surface area (TPSA) is 104 Å². The molecule has 1 aromatic carbocycles. The number of nitrogens with one attached hydrogen (secondary N) is 2. The Morgan fingerprint density at radius 3 is 2.74 bits per heavy atom. The molecule has 1 fully saturated rings. The van der Waals surface area contributed by atoms with Gasteiger partial charge in [0.2, 0.25) is 11.7 Å². The molecule has 0 unspecified atom stereocenters. The van der Waals surface area contributed by atoms with Crippen molar-refractivity contribution in [2.75, 3.05) is 41.3 Å². The molecule has 2 N–H and O–H groups in total. The molecular weight excluding hydrogens is 396 g/mol. The third-order valence-electron chi connectivity index (χ3n) is 5.54. The predicted molar refractivity (Wildman–Crippen MR) is 115 cm³/mol. The summed E-state index contributed by atoms with van der Waals surface area (Å²) in [6.45, 7) is 3.82. The van der Waals surface area contributed by atoms with E-state index in [9.17, 15) is 9.59 Å². The quantitative estimate of drug-likeness (QED) is 0.666. The van der Waals surface area contributed by atoms with E-state index in [1.807, 2.05) is 30.3 Å². The molecule has 0 saturated carbocycles. The normalized spacial score (nSPS) is 16.2. The van der Waals surface area contributed by atoms with Crippen LogP contribution in [0.1, 0.15) is 21.7 Å². The number of piperazine rings is 1. The van der Waals surface area contributed by atoms with E-state index in [1.165, 1.54) is 11.1 Å². The van der Waals surface area contributed by atoms with Gasteiger partial charge in [0, 0.05) is 32.4 Å². The summed E-state index contributed by atoms with van der Waals surface area (Å²) in [5.41, 5.74) is 3.57. The molecule has 1 saturated heterocycles. The van der Waals surface area contributed by atoms with E-state index in [4.69, 9.17) is 4.42 Å². The van der Waals surface area contributed by atoms with Crippen molar-refractivity contribution in [1.29, 1.82) is 0 Å². The minimum Gasteiger partial charge on any atom is -0.418 e. The molecule has 9 nitrogen and oxygen atoms in total. The van der Waals surface area contributed by atoms with Crippen LogP contribution in [0.3, 0.4) is 0 Å². The molecule has 158 valence electrons. The van der Waals surface area contributed by atoms with Gasteiger partial charge in [-0.05, 0) is 17.2 Å². The zero-order chi connectivity index (χ0) is 21.2. The monoisotopic (exact) mass is 418 g/mol. The summed E-state index contributed by atoms with van der Waals surface area (Å²) in [6.07, 6.45) is 4.96. The fourth-order valence-electron chi connectivity index (χ4n) is 3.92. The van der Waals surface area contributed by atoms with Crippen LogP contribution in [-0.4, -0.2) is 48.0 Å². The number of benzene rings is 1. The van der Waals surface area contributed by atoms with Gasteiger partial charge in [-0.2, -0.15) is 0 Å². The number of carbonyl (C=O) groups is 2. The van der Waals surface area contributed by atoms with Crippen molar-refractivity contribution in [3.8, 4) is 0 Å². The van der Waals surface area contributed by atoms with Crippen LogP contribution in [0.2, 0.25) is 0 Å². The van der Waals surface area contributed by atoms with Crippen LogP contribution in [0.5, 0.6) is 0 Å². The minimum atomic E-state index is -0.437. The highest BCUT2D eigenvalue weighted by atomic mass is 16.4. The van der Waals surface area contributed by atoms with E-state index in [1.54, 1.807) is 12.4 Å². The SMILES string of the molecule is O=C(Nc1cnccc1N1CCNCC1)c1cnc(N2Cc3ccccc3CC2=O)o1. The number of amides is 2. The first-order valence-electron chi connectivity index (χ1n) is 10.2. The van der Waals surface area contributed by atoms with Crippen LogP contribution in [0.15, 0.2) is 53.3 Å². The Balaban J connectivity index is 1.33. The Labute approximate surface area is 179 Å². The maximum atomic E-state index is 12.8. The van der Waals surface area contributed by atoms with Crippen molar-refractivity contribution in [3.05, 3.63) is 65.8 Å². The number of carbonyl (C=O) groups excluding carboxylic acids is 2. The molecule has 0 bridgehead atoms. The maximum Gasteiger partial charge on any atom is 0.305 e. The molecule has 2 aromatic heterocycles. The molecule has 0 aliphatic carbocycles. The first-order valence-corrected chi connectivity index (χ1v) is 10.2. The van der Waals surface area contributed by atoms with Crippen LogP contribution in [0.25, 0.3) is 0 Å². The molecule has 9 heteroatoms. The lowest BCUT2D eigenvalue weighted by Gasteiger charge is -2.30. The fourth-order valence-corrected chi connectivity index (χ4v) is 3.92. The second-order valence-corrected chi connectivity index (χ2v) is 7.52. The molecule has 0 atom stereocenters. The van der Waals surface area contributed by atoms with E-state index in [0.29, 0.717) is 12.2 Å². The number of anilines is 3. The molecule has 4 heterocycles. The highest BCUT2D eigenvalue weighted by Gasteiger charge is 2.28. The zero-order valence-electron chi connectivity index (χ0n) is 16.9. The standard InChI is InChI=1S/C22H22N6O3/c29-20-11-15-3-1-2-4-16(15)14-28(20)22-25-13-19(31-22)21(30)26-17-12-24-6-5-18(17)27-9-7-23-8-10-27/h1-6,12-13,23H,7-11,14H2,(H,26,30). The van der Waals surface area contributed by atoms with Gasteiger partial charge in [0.1, 0.15) is 0 Å². The van der Waals surface area contributed by atoms with Gasteiger partial charge in [-0.15, -0.1) is 0 Å². The Hall–Kier alpha value is -3.72. The van der Waals surface area contributed by atoms with Crippen molar-refractivity contribution in [2.45, 2.75) is 13.0 Å². The fraction of sp³-hybridized carbons (Fsp3) is 0.273. The van der Waals surface area contributed by atoms with Gasteiger partial charge in [0.15, 0.2) is 0 Å². The van der Waals surface area contributed by atoms with E-state index in [0.717, 1.165) is 43.0 Å². The largest absolute Gasteiger partial charge is 0.418 e. The summed E-state index contributed by atoms with van der Waals surface area (Å²) in [5.74, 6) is -0.509. The minimum absolute atomic E-state index is 0.0387. The van der Waals surface area contributed by atoms with Crippen LogP contribution >= 0.6 is 0 Å². The molecule has 2 aliphatic rings. The van der Waals surface area contributed by atoms with Gasteiger partial charge >= 0.3 is 6.01 Å². The molecule has 0 spiro atoms. The van der Waals surface area contributed by atoms with Gasteiger partial charge in [0.05, 0.1) is 36.7 Å². The summed E-state index contributed by atoms with van der Waals surface area (Å²) < 4.78 is 5.67. The molecule has 2 amide bonds. The number of fused-ring (bicyclic) bond motifs is 1. The number of aromatic nitrogens is 2. The third-order valence-corrected chi connectivity index (χ3v) is 5.54. The van der Waals surface area contributed by atoms with E-state index < -0.39 is 5.91 Å². The second kappa shape index (κ2) is 8.19. The van der Waals surface area contributed by atoms with E-state index >= 15 is 0 Å². The second-order valence-electron chi connectivity index (χ2n) is 7.52. The number of hydrogen-bond acceptors (Lipinski definition) is 7.